The van der Waals surface area contributed by atoms with Crippen molar-refractivity contribution in [3.63, 3.8) is 0 Å². The molecule has 0 spiro atoms. The van der Waals surface area contributed by atoms with Crippen LogP contribution in [0.2, 0.25) is 5.02 Å². The predicted molar refractivity (Wildman–Crippen MR) is 81.4 cm³/mol. The SMILES string of the molecule is Clc1ccccc1Cc1noc(CC2CSCCN2)n1. The van der Waals surface area contributed by atoms with Crippen LogP contribution in [0.3, 0.4) is 0 Å². The van der Waals surface area contributed by atoms with E-state index in [1.165, 1.54) is 5.75 Å². The minimum absolute atomic E-state index is 0.433. The summed E-state index contributed by atoms with van der Waals surface area (Å²) in [5.74, 6) is 3.67. The number of nitrogens with zero attached hydrogens (tertiary/aromatic N) is 2. The van der Waals surface area contributed by atoms with E-state index in [0.717, 1.165) is 29.3 Å². The minimum atomic E-state index is 0.433. The Hall–Kier alpha value is -1.04. The lowest BCUT2D eigenvalue weighted by Crippen LogP contribution is -2.38. The van der Waals surface area contributed by atoms with Crippen LogP contribution in [0.4, 0.5) is 0 Å². The van der Waals surface area contributed by atoms with Crippen molar-refractivity contribution < 1.29 is 4.52 Å². The van der Waals surface area contributed by atoms with Crippen molar-refractivity contribution in [2.75, 3.05) is 18.1 Å². The molecule has 20 heavy (non-hydrogen) atoms. The third-order valence-electron chi connectivity index (χ3n) is 3.24. The van der Waals surface area contributed by atoms with Crippen LogP contribution in [0.1, 0.15) is 17.3 Å². The molecule has 2 aromatic rings. The number of thioether (sulfide) groups is 1. The van der Waals surface area contributed by atoms with Gasteiger partial charge in [0.15, 0.2) is 5.82 Å². The van der Waals surface area contributed by atoms with Gasteiger partial charge in [-0.2, -0.15) is 16.7 Å². The molecule has 0 bridgehead atoms. The minimum Gasteiger partial charge on any atom is -0.339 e. The second-order valence-electron chi connectivity index (χ2n) is 4.80. The molecule has 0 aliphatic carbocycles. The summed E-state index contributed by atoms with van der Waals surface area (Å²) in [6.07, 6.45) is 1.40. The van der Waals surface area contributed by atoms with Gasteiger partial charge in [0, 0.05) is 42.0 Å². The van der Waals surface area contributed by atoms with E-state index in [-0.39, 0.29) is 0 Å². The van der Waals surface area contributed by atoms with Crippen molar-refractivity contribution in [2.24, 2.45) is 0 Å². The van der Waals surface area contributed by atoms with Crippen molar-refractivity contribution in [1.29, 1.82) is 0 Å². The maximum atomic E-state index is 6.14. The average molecular weight is 310 g/mol. The van der Waals surface area contributed by atoms with Crippen LogP contribution in [-0.4, -0.2) is 34.2 Å². The molecule has 4 nitrogen and oxygen atoms in total. The van der Waals surface area contributed by atoms with E-state index in [4.69, 9.17) is 16.1 Å². The Labute approximate surface area is 127 Å². The number of nitrogens with one attached hydrogen (secondary N) is 1. The second kappa shape index (κ2) is 6.61. The van der Waals surface area contributed by atoms with Crippen LogP contribution in [0, 0.1) is 0 Å². The van der Waals surface area contributed by atoms with E-state index in [2.05, 4.69) is 15.5 Å². The van der Waals surface area contributed by atoms with Gasteiger partial charge in [0.2, 0.25) is 5.89 Å². The average Bonchev–Trinajstić information content (AvgIpc) is 2.90. The molecule has 1 aliphatic heterocycles. The highest BCUT2D eigenvalue weighted by molar-refractivity contribution is 7.99. The van der Waals surface area contributed by atoms with E-state index < -0.39 is 0 Å². The lowest BCUT2D eigenvalue weighted by atomic mass is 10.1. The van der Waals surface area contributed by atoms with Crippen LogP contribution in [0.25, 0.3) is 0 Å². The first-order valence-corrected chi connectivity index (χ1v) is 8.20. The third-order valence-corrected chi connectivity index (χ3v) is 4.74. The maximum absolute atomic E-state index is 6.14. The number of aromatic nitrogens is 2. The summed E-state index contributed by atoms with van der Waals surface area (Å²) in [6, 6.07) is 8.17. The fraction of sp³-hybridized carbons (Fsp3) is 0.429. The highest BCUT2D eigenvalue weighted by Crippen LogP contribution is 2.18. The zero-order valence-electron chi connectivity index (χ0n) is 11.0. The molecule has 1 unspecified atom stereocenters. The lowest BCUT2D eigenvalue weighted by molar-refractivity contribution is 0.359. The maximum Gasteiger partial charge on any atom is 0.228 e. The molecular weight excluding hydrogens is 294 g/mol. The first kappa shape index (κ1) is 13.9. The summed E-state index contributed by atoms with van der Waals surface area (Å²) < 4.78 is 5.33. The molecule has 1 saturated heterocycles. The molecule has 1 aromatic heterocycles. The number of halogens is 1. The number of benzene rings is 1. The summed E-state index contributed by atoms with van der Waals surface area (Å²) >= 11 is 8.10. The van der Waals surface area contributed by atoms with E-state index in [9.17, 15) is 0 Å². The first-order chi connectivity index (χ1) is 9.81. The highest BCUT2D eigenvalue weighted by Gasteiger charge is 2.17. The van der Waals surface area contributed by atoms with Crippen molar-refractivity contribution in [3.05, 3.63) is 46.6 Å². The molecule has 1 N–H and O–H groups in total. The van der Waals surface area contributed by atoms with Crippen molar-refractivity contribution in [2.45, 2.75) is 18.9 Å². The Morgan fingerprint density at radius 1 is 1.40 bits per heavy atom. The normalized spacial score (nSPS) is 19.1. The molecule has 0 radical (unpaired) electrons. The molecule has 3 rings (SSSR count). The summed E-state index contributed by atoms with van der Waals surface area (Å²) in [4.78, 5) is 4.46. The molecule has 1 fully saturated rings. The van der Waals surface area contributed by atoms with Crippen LogP contribution >= 0.6 is 23.4 Å². The van der Waals surface area contributed by atoms with Crippen molar-refractivity contribution in [1.82, 2.24) is 15.5 Å². The molecular formula is C14H16ClN3OS. The molecule has 0 amide bonds. The highest BCUT2D eigenvalue weighted by atomic mass is 35.5. The van der Waals surface area contributed by atoms with Crippen LogP contribution < -0.4 is 5.32 Å². The topological polar surface area (TPSA) is 51.0 Å². The first-order valence-electron chi connectivity index (χ1n) is 6.67. The third kappa shape index (κ3) is 3.53. The number of hydrogen-bond acceptors (Lipinski definition) is 5. The predicted octanol–water partition coefficient (Wildman–Crippen LogP) is 2.56. The summed E-state index contributed by atoms with van der Waals surface area (Å²) in [6.45, 7) is 1.05. The van der Waals surface area contributed by atoms with Gasteiger partial charge in [-0.25, -0.2) is 0 Å². The van der Waals surface area contributed by atoms with Crippen molar-refractivity contribution in [3.8, 4) is 0 Å². The van der Waals surface area contributed by atoms with E-state index >= 15 is 0 Å². The molecule has 1 atom stereocenters. The Kier molecular flexibility index (Phi) is 4.60. The van der Waals surface area contributed by atoms with Gasteiger partial charge >= 0.3 is 0 Å². The zero-order chi connectivity index (χ0) is 13.8. The number of rotatable bonds is 4. The summed E-state index contributed by atoms with van der Waals surface area (Å²) in [5, 5.41) is 8.24. The smallest absolute Gasteiger partial charge is 0.228 e. The van der Waals surface area contributed by atoms with Crippen molar-refractivity contribution >= 4 is 23.4 Å². The molecule has 1 aliphatic rings. The summed E-state index contributed by atoms with van der Waals surface area (Å²) in [7, 11) is 0. The Bertz CT molecular complexity index is 569. The van der Waals surface area contributed by atoms with Crippen LogP contribution in [0.5, 0.6) is 0 Å². The van der Waals surface area contributed by atoms with E-state index in [1.807, 2.05) is 36.0 Å². The molecule has 0 saturated carbocycles. The Morgan fingerprint density at radius 3 is 3.10 bits per heavy atom. The molecule has 6 heteroatoms. The fourth-order valence-electron chi connectivity index (χ4n) is 2.22. The van der Waals surface area contributed by atoms with Gasteiger partial charge in [0.1, 0.15) is 0 Å². The van der Waals surface area contributed by atoms with Crippen LogP contribution in [0.15, 0.2) is 28.8 Å². The van der Waals surface area contributed by atoms with Gasteiger partial charge in [-0.3, -0.25) is 0 Å². The van der Waals surface area contributed by atoms with Gasteiger partial charge in [-0.1, -0.05) is 35.0 Å². The standard InChI is InChI=1S/C14H16ClN3OS/c15-12-4-2-1-3-10(12)7-13-17-14(19-18-13)8-11-9-20-6-5-16-11/h1-4,11,16H,5-9H2. The monoisotopic (exact) mass is 309 g/mol. The molecule has 106 valence electrons. The zero-order valence-corrected chi connectivity index (χ0v) is 12.6. The molecule has 1 aromatic carbocycles. The quantitative estimate of drug-likeness (QED) is 0.940. The Balaban J connectivity index is 1.63. The largest absolute Gasteiger partial charge is 0.339 e. The van der Waals surface area contributed by atoms with Gasteiger partial charge in [0.05, 0.1) is 0 Å². The van der Waals surface area contributed by atoms with Crippen LogP contribution in [-0.2, 0) is 12.8 Å². The fourth-order valence-corrected chi connectivity index (χ4v) is 3.37. The van der Waals surface area contributed by atoms with E-state index in [1.54, 1.807) is 0 Å². The number of hydrogen-bond donors (Lipinski definition) is 1. The second-order valence-corrected chi connectivity index (χ2v) is 6.36. The van der Waals surface area contributed by atoms with Gasteiger partial charge in [0.25, 0.3) is 0 Å². The molecule has 2 heterocycles. The van der Waals surface area contributed by atoms with E-state index in [0.29, 0.717) is 24.2 Å². The summed E-state index contributed by atoms with van der Waals surface area (Å²) in [5.41, 5.74) is 1.02. The van der Waals surface area contributed by atoms with Gasteiger partial charge in [-0.15, -0.1) is 0 Å². The lowest BCUT2D eigenvalue weighted by Gasteiger charge is -2.21. The Morgan fingerprint density at radius 2 is 2.30 bits per heavy atom. The van der Waals surface area contributed by atoms with Gasteiger partial charge < -0.3 is 9.84 Å². The van der Waals surface area contributed by atoms with Gasteiger partial charge in [-0.05, 0) is 11.6 Å².